The third kappa shape index (κ3) is 3.20. The summed E-state index contributed by atoms with van der Waals surface area (Å²) in [6, 6.07) is 7.93. The molecule has 6 heteroatoms. The van der Waals surface area contributed by atoms with Crippen molar-refractivity contribution in [2.24, 2.45) is 10.3 Å². The summed E-state index contributed by atoms with van der Waals surface area (Å²) in [6.07, 6.45) is 1.51. The summed E-state index contributed by atoms with van der Waals surface area (Å²) >= 11 is 6.04. The maximum absolute atomic E-state index is 12.3. The van der Waals surface area contributed by atoms with Crippen LogP contribution in [-0.2, 0) is 14.8 Å². The van der Waals surface area contributed by atoms with Gasteiger partial charge >= 0.3 is 0 Å². The molecule has 1 aromatic carbocycles. The minimum absolute atomic E-state index is 0.0215. The summed E-state index contributed by atoms with van der Waals surface area (Å²) < 4.78 is 28.5. The number of Topliss-reactive ketones (excluding diaryl/α,β-unsaturated/α-hetero) is 1. The Bertz CT molecular complexity index is 803. The van der Waals surface area contributed by atoms with Gasteiger partial charge in [-0.05, 0) is 36.6 Å². The molecule has 0 saturated carbocycles. The fourth-order valence-corrected chi connectivity index (χ4v) is 3.29. The summed E-state index contributed by atoms with van der Waals surface area (Å²) in [7, 11) is -3.84. The average Bonchev–Trinajstić information content (AvgIpc) is 2.48. The molecule has 0 amide bonds. The summed E-state index contributed by atoms with van der Waals surface area (Å²) in [5, 5.41) is 0.0215. The highest BCUT2D eigenvalue weighted by Gasteiger charge is 2.26. The molecule has 1 aliphatic rings. The number of halogens is 1. The van der Waals surface area contributed by atoms with Gasteiger partial charge in [-0.25, -0.2) is 0 Å². The van der Waals surface area contributed by atoms with Crippen LogP contribution in [0.15, 0.2) is 61.9 Å². The van der Waals surface area contributed by atoms with E-state index in [1.54, 1.807) is 25.1 Å². The average molecular weight is 338 g/mol. The highest BCUT2D eigenvalue weighted by Crippen LogP contribution is 2.28. The largest absolute Gasteiger partial charge is 0.288 e. The van der Waals surface area contributed by atoms with E-state index in [4.69, 9.17) is 11.6 Å². The molecule has 4 nitrogen and oxygen atoms in total. The van der Waals surface area contributed by atoms with Crippen LogP contribution < -0.4 is 0 Å². The lowest BCUT2D eigenvalue weighted by atomic mass is 9.90. The van der Waals surface area contributed by atoms with Crippen LogP contribution >= 0.6 is 11.6 Å². The van der Waals surface area contributed by atoms with Gasteiger partial charge < -0.3 is 0 Å². The number of rotatable bonds is 3. The van der Waals surface area contributed by atoms with Gasteiger partial charge in [0.1, 0.15) is 0 Å². The molecule has 0 radical (unpaired) electrons. The third-order valence-electron chi connectivity index (χ3n) is 3.35. The van der Waals surface area contributed by atoms with E-state index < -0.39 is 10.0 Å². The number of carbonyl (C=O) groups excluding carboxylic acids is 1. The fraction of sp³-hybridized carbons (Fsp3) is 0.250. The van der Waals surface area contributed by atoms with Gasteiger partial charge in [0.05, 0.1) is 15.6 Å². The number of sulfonamides is 1. The van der Waals surface area contributed by atoms with Gasteiger partial charge in [-0.15, -0.1) is 0 Å². The van der Waals surface area contributed by atoms with Gasteiger partial charge in [-0.1, -0.05) is 43.6 Å². The van der Waals surface area contributed by atoms with Gasteiger partial charge in [0.25, 0.3) is 10.0 Å². The fourth-order valence-electron chi connectivity index (χ4n) is 2.03. The number of benzene rings is 1. The molecule has 0 unspecified atom stereocenters. The van der Waals surface area contributed by atoms with Gasteiger partial charge in [0.15, 0.2) is 0 Å². The second-order valence-corrected chi connectivity index (χ2v) is 7.27. The maximum atomic E-state index is 12.3. The van der Waals surface area contributed by atoms with Gasteiger partial charge in [0.2, 0.25) is 5.78 Å². The third-order valence-corrected chi connectivity index (χ3v) is 5.11. The number of ketones is 1. The highest BCUT2D eigenvalue weighted by molar-refractivity contribution is 7.90. The molecule has 1 aromatic rings. The second kappa shape index (κ2) is 6.18. The smallest absolute Gasteiger partial charge is 0.282 e. The Morgan fingerprint density at radius 3 is 2.27 bits per heavy atom. The molecule has 0 heterocycles. The van der Waals surface area contributed by atoms with Crippen LogP contribution in [-0.4, -0.2) is 19.9 Å². The van der Waals surface area contributed by atoms with Crippen LogP contribution in [0, 0.1) is 5.92 Å². The SMILES string of the molecule is CC1=C(Cl)C(=O)C(C(C)C)=CC1=NS(=O)(=O)c1ccccc1. The van der Waals surface area contributed by atoms with Crippen LogP contribution in [0.25, 0.3) is 0 Å². The van der Waals surface area contributed by atoms with E-state index in [9.17, 15) is 13.2 Å². The molecule has 0 bridgehead atoms. The first-order valence-corrected chi connectivity index (χ1v) is 8.59. The van der Waals surface area contributed by atoms with Crippen molar-refractivity contribution in [1.29, 1.82) is 0 Å². The van der Waals surface area contributed by atoms with E-state index in [-0.39, 0.29) is 27.3 Å². The first-order chi connectivity index (χ1) is 10.2. The lowest BCUT2D eigenvalue weighted by Crippen LogP contribution is -2.19. The Labute approximate surface area is 135 Å². The molecular weight excluding hydrogens is 322 g/mol. The minimum atomic E-state index is -3.84. The van der Waals surface area contributed by atoms with Crippen molar-refractivity contribution in [3.63, 3.8) is 0 Å². The number of hydrogen-bond donors (Lipinski definition) is 0. The second-order valence-electron chi connectivity index (χ2n) is 5.29. The predicted octanol–water partition coefficient (Wildman–Crippen LogP) is 3.49. The Hall–Kier alpha value is -1.72. The molecule has 0 aromatic heterocycles. The molecule has 0 aliphatic heterocycles. The lowest BCUT2D eigenvalue weighted by Gasteiger charge is -2.17. The molecule has 0 saturated heterocycles. The maximum Gasteiger partial charge on any atom is 0.282 e. The molecule has 0 atom stereocenters. The van der Waals surface area contributed by atoms with E-state index in [0.717, 1.165) is 0 Å². The van der Waals surface area contributed by atoms with Crippen molar-refractivity contribution in [3.05, 3.63) is 52.6 Å². The monoisotopic (exact) mass is 337 g/mol. The van der Waals surface area contributed by atoms with E-state index in [0.29, 0.717) is 11.1 Å². The lowest BCUT2D eigenvalue weighted by molar-refractivity contribution is -0.112. The first-order valence-electron chi connectivity index (χ1n) is 6.77. The Morgan fingerprint density at radius 2 is 1.73 bits per heavy atom. The zero-order valence-electron chi connectivity index (χ0n) is 12.5. The zero-order chi connectivity index (χ0) is 16.5. The van der Waals surface area contributed by atoms with Crippen molar-refractivity contribution < 1.29 is 13.2 Å². The Kier molecular flexibility index (Phi) is 4.68. The Balaban J connectivity index is 2.57. The van der Waals surface area contributed by atoms with Crippen molar-refractivity contribution >= 4 is 33.1 Å². The predicted molar refractivity (Wildman–Crippen MR) is 87.5 cm³/mol. The minimum Gasteiger partial charge on any atom is -0.288 e. The van der Waals surface area contributed by atoms with Crippen molar-refractivity contribution in [2.75, 3.05) is 0 Å². The van der Waals surface area contributed by atoms with E-state index in [1.165, 1.54) is 18.2 Å². The molecule has 116 valence electrons. The molecule has 0 spiro atoms. The summed E-state index contributed by atoms with van der Waals surface area (Å²) in [4.78, 5) is 12.2. The van der Waals surface area contributed by atoms with Crippen LogP contribution in [0.4, 0.5) is 0 Å². The van der Waals surface area contributed by atoms with Crippen molar-refractivity contribution in [2.45, 2.75) is 25.7 Å². The highest BCUT2D eigenvalue weighted by atomic mass is 35.5. The van der Waals surface area contributed by atoms with Crippen LogP contribution in [0.5, 0.6) is 0 Å². The number of hydrogen-bond acceptors (Lipinski definition) is 3. The summed E-state index contributed by atoms with van der Waals surface area (Å²) in [5.74, 6) is -0.343. The number of allylic oxidation sites excluding steroid dienone is 4. The van der Waals surface area contributed by atoms with Crippen molar-refractivity contribution in [3.8, 4) is 0 Å². The molecule has 1 aliphatic carbocycles. The summed E-state index contributed by atoms with van der Waals surface area (Å²) in [6.45, 7) is 5.28. The quantitative estimate of drug-likeness (QED) is 0.793. The topological polar surface area (TPSA) is 63.6 Å². The zero-order valence-corrected chi connectivity index (χ0v) is 14.1. The van der Waals surface area contributed by atoms with Crippen LogP contribution in [0.3, 0.4) is 0 Å². The Morgan fingerprint density at radius 1 is 1.14 bits per heavy atom. The van der Waals surface area contributed by atoms with E-state index in [1.807, 2.05) is 13.8 Å². The number of carbonyl (C=O) groups is 1. The van der Waals surface area contributed by atoms with E-state index in [2.05, 4.69) is 4.40 Å². The standard InChI is InChI=1S/C16H16ClNO3S/c1-10(2)13-9-14(11(3)15(17)16(13)19)18-22(20,21)12-7-5-4-6-8-12/h4-10H,1-3H3. The van der Waals surface area contributed by atoms with Gasteiger partial charge in [0, 0.05) is 5.57 Å². The molecule has 0 fully saturated rings. The first kappa shape index (κ1) is 16.6. The molecule has 22 heavy (non-hydrogen) atoms. The summed E-state index contributed by atoms with van der Waals surface area (Å²) in [5.41, 5.74) is 1.03. The van der Waals surface area contributed by atoms with Crippen LogP contribution in [0.2, 0.25) is 0 Å². The molecular formula is C16H16ClNO3S. The van der Waals surface area contributed by atoms with Gasteiger partial charge in [-0.2, -0.15) is 12.8 Å². The van der Waals surface area contributed by atoms with E-state index >= 15 is 0 Å². The van der Waals surface area contributed by atoms with Gasteiger partial charge in [-0.3, -0.25) is 4.79 Å². The number of nitrogens with zero attached hydrogens (tertiary/aromatic N) is 1. The normalized spacial score (nSPS) is 18.1. The molecule has 0 N–H and O–H groups in total. The van der Waals surface area contributed by atoms with Crippen LogP contribution in [0.1, 0.15) is 20.8 Å². The van der Waals surface area contributed by atoms with Crippen molar-refractivity contribution in [1.82, 2.24) is 0 Å². The molecule has 2 rings (SSSR count).